The smallest absolute Gasteiger partial charge is 0.262 e. The maximum atomic E-state index is 12.9. The van der Waals surface area contributed by atoms with Gasteiger partial charge in [-0.2, -0.15) is 0 Å². The second-order valence-electron chi connectivity index (χ2n) is 4.31. The number of amides is 1. The number of aromatic nitrogens is 2. The van der Waals surface area contributed by atoms with Crippen LogP contribution in [0.4, 0.5) is 8.78 Å². The summed E-state index contributed by atoms with van der Waals surface area (Å²) in [7, 11) is 0. The standard InChI is InChI=1S/C11H14F2N4O.ClH/c1-7-14-3-2-8(17-7)5-15-10(18)9-4-11(12,13)6-16-9;/h2-3,9,16H,4-6H2,1H3,(H,15,18);1H. The predicted molar refractivity (Wildman–Crippen MR) is 67.2 cm³/mol. The van der Waals surface area contributed by atoms with Gasteiger partial charge in [-0.05, 0) is 13.0 Å². The maximum Gasteiger partial charge on any atom is 0.262 e. The van der Waals surface area contributed by atoms with Crippen molar-refractivity contribution in [3.8, 4) is 0 Å². The lowest BCUT2D eigenvalue weighted by molar-refractivity contribution is -0.123. The van der Waals surface area contributed by atoms with Gasteiger partial charge in [0, 0.05) is 12.6 Å². The zero-order valence-electron chi connectivity index (χ0n) is 10.3. The molecule has 19 heavy (non-hydrogen) atoms. The van der Waals surface area contributed by atoms with Crippen molar-refractivity contribution in [1.29, 1.82) is 0 Å². The van der Waals surface area contributed by atoms with Crippen LogP contribution >= 0.6 is 12.4 Å². The first kappa shape index (κ1) is 15.7. The van der Waals surface area contributed by atoms with Crippen LogP contribution in [0.3, 0.4) is 0 Å². The van der Waals surface area contributed by atoms with E-state index < -0.39 is 30.8 Å². The van der Waals surface area contributed by atoms with E-state index in [4.69, 9.17) is 0 Å². The number of aryl methyl sites for hydroxylation is 1. The average molecular weight is 293 g/mol. The van der Waals surface area contributed by atoms with Crippen LogP contribution in [-0.2, 0) is 11.3 Å². The largest absolute Gasteiger partial charge is 0.349 e. The molecule has 1 aromatic rings. The summed E-state index contributed by atoms with van der Waals surface area (Å²) in [5, 5.41) is 5.08. The topological polar surface area (TPSA) is 66.9 Å². The van der Waals surface area contributed by atoms with Crippen LogP contribution in [0.15, 0.2) is 12.3 Å². The van der Waals surface area contributed by atoms with Crippen molar-refractivity contribution < 1.29 is 13.6 Å². The fraction of sp³-hybridized carbons (Fsp3) is 0.545. The van der Waals surface area contributed by atoms with Crippen LogP contribution in [0.5, 0.6) is 0 Å². The molecule has 0 aromatic carbocycles. The van der Waals surface area contributed by atoms with Crippen LogP contribution in [0.1, 0.15) is 17.9 Å². The van der Waals surface area contributed by atoms with Crippen molar-refractivity contribution in [2.75, 3.05) is 6.54 Å². The lowest BCUT2D eigenvalue weighted by Gasteiger charge is -2.10. The van der Waals surface area contributed by atoms with Gasteiger partial charge in [0.1, 0.15) is 5.82 Å². The van der Waals surface area contributed by atoms with Gasteiger partial charge in [0.25, 0.3) is 5.92 Å². The Hall–Kier alpha value is -1.34. The Morgan fingerprint density at radius 1 is 1.63 bits per heavy atom. The molecule has 1 fully saturated rings. The molecular weight excluding hydrogens is 278 g/mol. The number of halogens is 3. The van der Waals surface area contributed by atoms with E-state index in [0.29, 0.717) is 11.5 Å². The molecule has 1 atom stereocenters. The molecule has 0 saturated carbocycles. The van der Waals surface area contributed by atoms with Gasteiger partial charge in [-0.3, -0.25) is 10.1 Å². The summed E-state index contributed by atoms with van der Waals surface area (Å²) in [6, 6.07) is 0.840. The predicted octanol–water partition coefficient (Wildman–Crippen LogP) is 0.820. The fourth-order valence-corrected chi connectivity index (χ4v) is 1.81. The third-order valence-corrected chi connectivity index (χ3v) is 2.70. The van der Waals surface area contributed by atoms with E-state index in [1.807, 2.05) is 0 Å². The van der Waals surface area contributed by atoms with Gasteiger partial charge in [-0.25, -0.2) is 18.7 Å². The summed E-state index contributed by atoms with van der Waals surface area (Å²) in [6.07, 6.45) is 1.13. The number of carbonyl (C=O) groups excluding carboxylic acids is 1. The van der Waals surface area contributed by atoms with Gasteiger partial charge < -0.3 is 5.32 Å². The van der Waals surface area contributed by atoms with Crippen molar-refractivity contribution >= 4 is 18.3 Å². The molecule has 2 rings (SSSR count). The highest BCUT2D eigenvalue weighted by Crippen LogP contribution is 2.24. The Bertz CT molecular complexity index is 458. The highest BCUT2D eigenvalue weighted by atomic mass is 35.5. The lowest BCUT2D eigenvalue weighted by Crippen LogP contribution is -2.40. The molecule has 1 unspecified atom stereocenters. The van der Waals surface area contributed by atoms with E-state index in [0.717, 1.165) is 0 Å². The normalized spacial score (nSPS) is 20.7. The van der Waals surface area contributed by atoms with Crippen molar-refractivity contribution in [3.63, 3.8) is 0 Å². The summed E-state index contributed by atoms with van der Waals surface area (Å²) in [5.74, 6) is -2.62. The molecule has 0 radical (unpaired) electrons. The quantitative estimate of drug-likeness (QED) is 0.866. The zero-order chi connectivity index (χ0) is 13.2. The van der Waals surface area contributed by atoms with Crippen LogP contribution < -0.4 is 10.6 Å². The van der Waals surface area contributed by atoms with Crippen LogP contribution in [0.2, 0.25) is 0 Å². The Labute approximate surface area is 115 Å². The van der Waals surface area contributed by atoms with Gasteiger partial charge in [0.15, 0.2) is 0 Å². The first-order valence-corrected chi connectivity index (χ1v) is 5.64. The highest BCUT2D eigenvalue weighted by molar-refractivity contribution is 5.85. The minimum absolute atomic E-state index is 0. The van der Waals surface area contributed by atoms with E-state index in [1.54, 1.807) is 19.2 Å². The van der Waals surface area contributed by atoms with E-state index in [2.05, 4.69) is 20.6 Å². The third-order valence-electron chi connectivity index (χ3n) is 2.70. The van der Waals surface area contributed by atoms with Gasteiger partial charge in [0.05, 0.1) is 24.8 Å². The van der Waals surface area contributed by atoms with Gasteiger partial charge in [0.2, 0.25) is 5.91 Å². The number of rotatable bonds is 3. The first-order chi connectivity index (χ1) is 8.46. The molecule has 0 bridgehead atoms. The Morgan fingerprint density at radius 3 is 2.95 bits per heavy atom. The molecular formula is C11H15ClF2N4O. The molecule has 0 aliphatic carbocycles. The van der Waals surface area contributed by atoms with Crippen molar-refractivity contribution in [1.82, 2.24) is 20.6 Å². The first-order valence-electron chi connectivity index (χ1n) is 5.64. The molecule has 8 heteroatoms. The number of nitrogens with one attached hydrogen (secondary N) is 2. The second kappa shape index (κ2) is 6.21. The number of nitrogens with zero attached hydrogens (tertiary/aromatic N) is 2. The summed E-state index contributed by atoms with van der Waals surface area (Å²) in [6.45, 7) is 1.51. The number of hydrogen-bond acceptors (Lipinski definition) is 4. The Morgan fingerprint density at radius 2 is 2.37 bits per heavy atom. The van der Waals surface area contributed by atoms with Crippen LogP contribution in [0, 0.1) is 6.92 Å². The minimum Gasteiger partial charge on any atom is -0.349 e. The molecule has 1 amide bonds. The average Bonchev–Trinajstić information content (AvgIpc) is 2.67. The van der Waals surface area contributed by atoms with Gasteiger partial charge in [-0.1, -0.05) is 0 Å². The van der Waals surface area contributed by atoms with Crippen molar-refractivity contribution in [2.24, 2.45) is 0 Å². The highest BCUT2D eigenvalue weighted by Gasteiger charge is 2.42. The molecule has 2 N–H and O–H groups in total. The van der Waals surface area contributed by atoms with E-state index in [-0.39, 0.29) is 19.0 Å². The fourth-order valence-electron chi connectivity index (χ4n) is 1.81. The Balaban J connectivity index is 0.00000180. The molecule has 0 spiro atoms. The minimum atomic E-state index is -2.80. The van der Waals surface area contributed by atoms with E-state index in [9.17, 15) is 13.6 Å². The molecule has 1 saturated heterocycles. The van der Waals surface area contributed by atoms with E-state index >= 15 is 0 Å². The number of carbonyl (C=O) groups is 1. The maximum absolute atomic E-state index is 12.9. The summed E-state index contributed by atoms with van der Waals surface area (Å²) in [5.41, 5.74) is 0.653. The zero-order valence-corrected chi connectivity index (χ0v) is 11.1. The second-order valence-corrected chi connectivity index (χ2v) is 4.31. The van der Waals surface area contributed by atoms with Crippen LogP contribution in [0.25, 0.3) is 0 Å². The van der Waals surface area contributed by atoms with Crippen molar-refractivity contribution in [2.45, 2.75) is 31.9 Å². The molecule has 2 heterocycles. The molecule has 1 aliphatic heterocycles. The summed E-state index contributed by atoms with van der Waals surface area (Å²) in [4.78, 5) is 19.7. The molecule has 5 nitrogen and oxygen atoms in total. The summed E-state index contributed by atoms with van der Waals surface area (Å²) < 4.78 is 25.8. The van der Waals surface area contributed by atoms with Crippen LogP contribution in [-0.4, -0.2) is 34.4 Å². The SMILES string of the molecule is Cc1nccc(CNC(=O)C2CC(F)(F)CN2)n1.Cl. The summed E-state index contributed by atoms with van der Waals surface area (Å²) >= 11 is 0. The van der Waals surface area contributed by atoms with Crippen molar-refractivity contribution in [3.05, 3.63) is 23.8 Å². The number of hydrogen-bond donors (Lipinski definition) is 2. The lowest BCUT2D eigenvalue weighted by atomic mass is 10.2. The van der Waals surface area contributed by atoms with Gasteiger partial charge >= 0.3 is 0 Å². The molecule has 1 aliphatic rings. The molecule has 106 valence electrons. The monoisotopic (exact) mass is 292 g/mol. The Kier molecular flexibility index (Phi) is 5.13. The third kappa shape index (κ3) is 4.36. The number of alkyl halides is 2. The van der Waals surface area contributed by atoms with E-state index in [1.165, 1.54) is 0 Å². The molecule has 1 aromatic heterocycles. The van der Waals surface area contributed by atoms with Gasteiger partial charge in [-0.15, -0.1) is 12.4 Å².